The summed E-state index contributed by atoms with van der Waals surface area (Å²) in [6.07, 6.45) is 15.0. The summed E-state index contributed by atoms with van der Waals surface area (Å²) >= 11 is 0. The molecule has 5 atom stereocenters. The van der Waals surface area contributed by atoms with Crippen LogP contribution in [-0.4, -0.2) is 36.7 Å². The van der Waals surface area contributed by atoms with Crippen molar-refractivity contribution < 1.29 is 24.2 Å². The summed E-state index contributed by atoms with van der Waals surface area (Å²) in [6, 6.07) is 4.48. The van der Waals surface area contributed by atoms with Crippen molar-refractivity contribution in [3.63, 3.8) is 0 Å². The number of carbonyl (C=O) groups is 2. The van der Waals surface area contributed by atoms with Crippen molar-refractivity contribution in [3.05, 3.63) is 29.3 Å². The maximum Gasteiger partial charge on any atom is 0.338 e. The Morgan fingerprint density at radius 2 is 1.51 bits per heavy atom. The van der Waals surface area contributed by atoms with Gasteiger partial charge in [-0.1, -0.05) is 0 Å². The fraction of sp³-hybridized carbons (Fsp3) is 0.750. The van der Waals surface area contributed by atoms with Gasteiger partial charge in [-0.15, -0.1) is 0 Å². The van der Waals surface area contributed by atoms with Crippen molar-refractivity contribution in [2.24, 2.45) is 51.8 Å². The van der Waals surface area contributed by atoms with Gasteiger partial charge in [0.05, 0.1) is 25.4 Å². The second kappa shape index (κ2) is 7.83. The third-order valence-corrected chi connectivity index (χ3v) is 12.6. The van der Waals surface area contributed by atoms with Crippen molar-refractivity contribution >= 4 is 11.8 Å². The molecule has 9 rings (SSSR count). The van der Waals surface area contributed by atoms with Crippen molar-refractivity contribution in [2.45, 2.75) is 77.0 Å². The van der Waals surface area contributed by atoms with Crippen molar-refractivity contribution in [1.82, 2.24) is 0 Å². The molecular weight excluding hydrogens is 464 g/mol. The monoisotopic (exact) mass is 504 g/mol. The maximum absolute atomic E-state index is 13.0. The number of phenolic OH excluding ortho intramolecular Hbond substituents is 1. The van der Waals surface area contributed by atoms with Crippen LogP contribution >= 0.6 is 0 Å². The third-order valence-electron chi connectivity index (χ3n) is 12.6. The van der Waals surface area contributed by atoms with Gasteiger partial charge >= 0.3 is 5.97 Å². The van der Waals surface area contributed by atoms with Gasteiger partial charge < -0.3 is 14.6 Å². The number of aromatic hydroxyl groups is 1. The van der Waals surface area contributed by atoms with E-state index in [4.69, 9.17) is 9.47 Å². The van der Waals surface area contributed by atoms with Crippen LogP contribution < -0.4 is 0 Å². The summed E-state index contributed by atoms with van der Waals surface area (Å²) in [5, 5.41) is 10.3. The van der Waals surface area contributed by atoms with Gasteiger partial charge in [-0.3, -0.25) is 4.79 Å². The summed E-state index contributed by atoms with van der Waals surface area (Å²) in [6.45, 7) is 1.66. The number of phenols is 1. The standard InChI is InChI=1S/C32H40O5/c33-27-8-23(28(34)1-2-36-17-30-11-19-3-20(12-30)5-21(4-19)13-30)7-24(9-27)29(35)37-18-31-14-22-6-25-10-26(16-31)32(25,31)15-22/h7-9,19-22,25-26,33H,1-6,10-18H2. The number of hydrogen-bond donors (Lipinski definition) is 1. The topological polar surface area (TPSA) is 72.8 Å². The summed E-state index contributed by atoms with van der Waals surface area (Å²) in [5.41, 5.74) is 1.65. The highest BCUT2D eigenvalue weighted by Gasteiger charge is 2.80. The Balaban J connectivity index is 0.867. The van der Waals surface area contributed by atoms with E-state index in [0.29, 0.717) is 29.6 Å². The molecule has 37 heavy (non-hydrogen) atoms. The zero-order valence-corrected chi connectivity index (χ0v) is 21.9. The van der Waals surface area contributed by atoms with Crippen LogP contribution in [0.3, 0.4) is 0 Å². The molecule has 0 saturated heterocycles. The third kappa shape index (κ3) is 3.31. The molecule has 0 aromatic heterocycles. The minimum atomic E-state index is -0.420. The van der Waals surface area contributed by atoms with Gasteiger partial charge in [0.25, 0.3) is 0 Å². The lowest BCUT2D eigenvalue weighted by Gasteiger charge is -2.72. The van der Waals surface area contributed by atoms with Crippen molar-refractivity contribution in [2.75, 3.05) is 19.8 Å². The highest BCUT2D eigenvalue weighted by Crippen LogP contribution is 2.86. The van der Waals surface area contributed by atoms with Crippen molar-refractivity contribution in [3.8, 4) is 5.75 Å². The van der Waals surface area contributed by atoms with Crippen LogP contribution in [0, 0.1) is 51.8 Å². The number of hydrogen-bond acceptors (Lipinski definition) is 5. The minimum Gasteiger partial charge on any atom is -0.508 e. The van der Waals surface area contributed by atoms with Crippen LogP contribution in [0.1, 0.15) is 97.8 Å². The number of ketones is 1. The summed E-state index contributed by atoms with van der Waals surface area (Å²) in [4.78, 5) is 25.9. The van der Waals surface area contributed by atoms with Crippen LogP contribution in [-0.2, 0) is 9.47 Å². The SMILES string of the molecule is O=C(CCOCC12CC3CC(CC(C3)C1)C2)c1cc(O)cc(C(=O)OCC23CC4CC5CC(C2)C53C4)c1. The second-order valence-electron chi connectivity index (χ2n) is 14.7. The molecule has 6 bridgehead atoms. The van der Waals surface area contributed by atoms with Gasteiger partial charge in [0, 0.05) is 17.4 Å². The van der Waals surface area contributed by atoms with Crippen molar-refractivity contribution in [1.29, 1.82) is 0 Å². The molecule has 1 aromatic rings. The van der Waals surface area contributed by atoms with E-state index in [1.54, 1.807) is 6.07 Å². The molecular formula is C32H40O5. The second-order valence-corrected chi connectivity index (χ2v) is 14.7. The molecule has 8 aliphatic rings. The van der Waals surface area contributed by atoms with Gasteiger partial charge in [0.15, 0.2) is 5.78 Å². The van der Waals surface area contributed by atoms with E-state index in [2.05, 4.69) is 0 Å². The molecule has 1 spiro atoms. The molecule has 5 heteroatoms. The van der Waals surface area contributed by atoms with Gasteiger partial charge in [0.2, 0.25) is 0 Å². The molecule has 5 nitrogen and oxygen atoms in total. The van der Waals surface area contributed by atoms with Gasteiger partial charge in [0.1, 0.15) is 5.75 Å². The minimum absolute atomic E-state index is 0.0632. The smallest absolute Gasteiger partial charge is 0.338 e. The quantitative estimate of drug-likeness (QED) is 0.247. The van der Waals surface area contributed by atoms with E-state index in [-0.39, 0.29) is 28.9 Å². The first-order valence-corrected chi connectivity index (χ1v) is 15.0. The Morgan fingerprint density at radius 3 is 2.22 bits per heavy atom. The number of Topliss-reactive ketones (excluding diaryl/α,β-unsaturated/α-hetero) is 1. The van der Waals surface area contributed by atoms with Gasteiger partial charge in [-0.2, -0.15) is 0 Å². The Morgan fingerprint density at radius 1 is 0.784 bits per heavy atom. The lowest BCUT2D eigenvalue weighted by atomic mass is 9.32. The molecule has 8 saturated carbocycles. The van der Waals surface area contributed by atoms with E-state index in [0.717, 1.165) is 42.1 Å². The summed E-state index contributed by atoms with van der Waals surface area (Å²) < 4.78 is 12.0. The first-order chi connectivity index (χ1) is 17.9. The number of esters is 1. The molecule has 0 amide bonds. The van der Waals surface area contributed by atoms with Crippen LogP contribution in [0.5, 0.6) is 5.75 Å². The first kappa shape index (κ1) is 23.0. The maximum atomic E-state index is 13.0. The fourth-order valence-corrected chi connectivity index (χ4v) is 11.9. The van der Waals surface area contributed by atoms with E-state index >= 15 is 0 Å². The molecule has 8 aliphatic carbocycles. The Hall–Kier alpha value is -1.88. The van der Waals surface area contributed by atoms with E-state index in [1.807, 2.05) is 0 Å². The van der Waals surface area contributed by atoms with Gasteiger partial charge in [-0.25, -0.2) is 4.79 Å². The number of rotatable bonds is 9. The highest BCUT2D eigenvalue weighted by molar-refractivity contribution is 5.99. The molecule has 1 N–H and O–H groups in total. The van der Waals surface area contributed by atoms with Crippen LogP contribution in [0.4, 0.5) is 0 Å². The molecule has 0 radical (unpaired) electrons. The number of carbonyl (C=O) groups excluding carboxylic acids is 2. The molecule has 0 heterocycles. The van der Waals surface area contributed by atoms with E-state index in [9.17, 15) is 14.7 Å². The lowest BCUT2D eigenvalue weighted by molar-refractivity contribution is -0.256. The number of benzene rings is 1. The molecule has 1 aromatic carbocycles. The Bertz CT molecular complexity index is 1120. The molecule has 198 valence electrons. The lowest BCUT2D eigenvalue weighted by Crippen LogP contribution is -2.68. The average Bonchev–Trinajstić information content (AvgIpc) is 3.33. The molecule has 5 unspecified atom stereocenters. The fourth-order valence-electron chi connectivity index (χ4n) is 11.9. The predicted molar refractivity (Wildman–Crippen MR) is 137 cm³/mol. The first-order valence-electron chi connectivity index (χ1n) is 15.0. The van der Waals surface area contributed by atoms with E-state index in [1.165, 1.54) is 82.8 Å². The summed E-state index contributed by atoms with van der Waals surface area (Å²) in [7, 11) is 0. The number of fused-ring (bicyclic) bond motifs is 1. The average molecular weight is 505 g/mol. The normalized spacial score (nSPS) is 45.3. The predicted octanol–water partition coefficient (Wildman–Crippen LogP) is 6.18. The van der Waals surface area contributed by atoms with Gasteiger partial charge in [-0.05, 0) is 135 Å². The zero-order chi connectivity index (χ0) is 25.0. The molecule has 0 aliphatic heterocycles. The Kier molecular flexibility index (Phi) is 4.88. The Labute approximate surface area is 219 Å². The van der Waals surface area contributed by atoms with Crippen LogP contribution in [0.2, 0.25) is 0 Å². The zero-order valence-electron chi connectivity index (χ0n) is 21.9. The highest BCUT2D eigenvalue weighted by atomic mass is 16.5. The van der Waals surface area contributed by atoms with E-state index < -0.39 is 5.97 Å². The molecule has 8 fully saturated rings. The van der Waals surface area contributed by atoms with Crippen LogP contribution in [0.25, 0.3) is 0 Å². The summed E-state index contributed by atoms with van der Waals surface area (Å²) in [5.74, 6) is 4.65. The number of ether oxygens (including phenoxy) is 2. The largest absolute Gasteiger partial charge is 0.508 e. The van der Waals surface area contributed by atoms with Crippen LogP contribution in [0.15, 0.2) is 18.2 Å².